The van der Waals surface area contributed by atoms with Crippen molar-refractivity contribution in [3.8, 4) is 0 Å². The van der Waals surface area contributed by atoms with Gasteiger partial charge in [0, 0.05) is 34.2 Å². The van der Waals surface area contributed by atoms with Gasteiger partial charge in [-0.05, 0) is 29.3 Å². The van der Waals surface area contributed by atoms with Crippen LogP contribution in [-0.4, -0.2) is 12.1 Å². The molecule has 1 heterocycles. The number of anilines is 1. The maximum absolute atomic E-state index is 13.5. The molecular formula is C24H18ClNO2. The molecule has 3 aromatic carbocycles. The smallest absolute Gasteiger partial charge is 0.191 e. The molecule has 0 saturated carbocycles. The Morgan fingerprint density at radius 1 is 0.964 bits per heavy atom. The lowest BCUT2D eigenvalue weighted by atomic mass is 9.79. The van der Waals surface area contributed by atoms with E-state index in [0.717, 1.165) is 28.8 Å². The Hall–Kier alpha value is -3.17. The van der Waals surface area contributed by atoms with E-state index in [1.54, 1.807) is 18.2 Å². The molecule has 138 valence electrons. The van der Waals surface area contributed by atoms with Crippen LogP contribution in [0.1, 0.15) is 33.8 Å². The quantitative estimate of drug-likeness (QED) is 0.449. The summed E-state index contributed by atoms with van der Waals surface area (Å²) >= 11 is 6.22. The number of carbonyl (C=O) groups is 2. The molecule has 0 radical (unpaired) electrons. The van der Waals surface area contributed by atoms with Crippen LogP contribution in [-0.2, 0) is 4.79 Å². The Bertz CT molecular complexity index is 1060. The first-order valence-corrected chi connectivity index (χ1v) is 9.46. The normalized spacial score (nSPS) is 15.5. The summed E-state index contributed by atoms with van der Waals surface area (Å²) in [4.78, 5) is 25.0. The average molecular weight is 388 g/mol. The van der Waals surface area contributed by atoms with Gasteiger partial charge in [-0.1, -0.05) is 72.3 Å². The van der Waals surface area contributed by atoms with Crippen molar-refractivity contribution in [1.29, 1.82) is 0 Å². The van der Waals surface area contributed by atoms with Gasteiger partial charge >= 0.3 is 0 Å². The van der Waals surface area contributed by atoms with Crippen molar-refractivity contribution in [1.82, 2.24) is 0 Å². The average Bonchev–Trinajstić information content (AvgIpc) is 2.74. The number of fused-ring (bicyclic) bond motifs is 1. The van der Waals surface area contributed by atoms with Crippen LogP contribution in [0.3, 0.4) is 0 Å². The van der Waals surface area contributed by atoms with Gasteiger partial charge in [0.25, 0.3) is 0 Å². The lowest BCUT2D eigenvalue weighted by molar-refractivity contribution is -0.108. The van der Waals surface area contributed by atoms with Crippen molar-refractivity contribution in [2.24, 2.45) is 0 Å². The molecule has 0 saturated heterocycles. The molecule has 1 aliphatic rings. The van der Waals surface area contributed by atoms with Crippen LogP contribution < -0.4 is 5.32 Å². The van der Waals surface area contributed by atoms with E-state index in [4.69, 9.17) is 11.6 Å². The number of ketones is 1. The number of hydrogen-bond acceptors (Lipinski definition) is 3. The highest BCUT2D eigenvalue weighted by molar-refractivity contribution is 6.30. The van der Waals surface area contributed by atoms with Crippen LogP contribution in [0.4, 0.5) is 5.69 Å². The Labute approximate surface area is 168 Å². The topological polar surface area (TPSA) is 46.2 Å². The standard InChI is InChI=1S/C24H18ClNO2/c25-18-11-12-21-20(15-18)19(13-14-27)22(24(28)17-9-5-2-6-10-17)23(26-21)16-7-3-1-4-8-16/h1-12,14-15,19,26H,13H2/t19-/m0/s1. The van der Waals surface area contributed by atoms with Gasteiger partial charge in [0.05, 0.1) is 5.70 Å². The van der Waals surface area contributed by atoms with Gasteiger partial charge in [-0.15, -0.1) is 0 Å². The first-order chi connectivity index (χ1) is 13.7. The van der Waals surface area contributed by atoms with Gasteiger partial charge in [0.2, 0.25) is 0 Å². The predicted molar refractivity (Wildman–Crippen MR) is 113 cm³/mol. The molecule has 4 rings (SSSR count). The molecule has 28 heavy (non-hydrogen) atoms. The molecule has 0 bridgehead atoms. The molecule has 0 fully saturated rings. The summed E-state index contributed by atoms with van der Waals surface area (Å²) in [7, 11) is 0. The van der Waals surface area contributed by atoms with Gasteiger partial charge in [0.1, 0.15) is 6.29 Å². The SMILES string of the molecule is O=CC[C@@H]1C(C(=O)c2ccccc2)=C(c2ccccc2)Nc2ccc(Cl)cc21. The van der Waals surface area contributed by atoms with E-state index < -0.39 is 0 Å². The lowest BCUT2D eigenvalue weighted by Crippen LogP contribution is -2.23. The largest absolute Gasteiger partial charge is 0.354 e. The van der Waals surface area contributed by atoms with Crippen LogP contribution in [0.2, 0.25) is 5.02 Å². The van der Waals surface area contributed by atoms with Gasteiger partial charge in [-0.2, -0.15) is 0 Å². The minimum absolute atomic E-state index is 0.0931. The summed E-state index contributed by atoms with van der Waals surface area (Å²) in [5, 5.41) is 3.99. The molecule has 1 atom stereocenters. The summed E-state index contributed by atoms with van der Waals surface area (Å²) in [6, 6.07) is 24.4. The Morgan fingerprint density at radius 2 is 1.64 bits per heavy atom. The van der Waals surface area contributed by atoms with E-state index in [1.165, 1.54) is 0 Å². The zero-order valence-corrected chi connectivity index (χ0v) is 15.8. The molecule has 4 heteroatoms. The number of Topliss-reactive ketones (excluding diaryl/α,β-unsaturated/α-hetero) is 1. The second-order valence-corrected chi connectivity index (χ2v) is 7.10. The van der Waals surface area contributed by atoms with Crippen molar-refractivity contribution in [3.05, 3.63) is 106 Å². The molecule has 0 spiro atoms. The minimum Gasteiger partial charge on any atom is -0.354 e. The number of carbonyl (C=O) groups excluding carboxylic acids is 2. The van der Waals surface area contributed by atoms with Crippen molar-refractivity contribution in [2.45, 2.75) is 12.3 Å². The fourth-order valence-corrected chi connectivity index (χ4v) is 3.84. The van der Waals surface area contributed by atoms with Crippen LogP contribution in [0, 0.1) is 0 Å². The van der Waals surface area contributed by atoms with E-state index in [0.29, 0.717) is 16.2 Å². The Kier molecular flexibility index (Phi) is 5.09. The zero-order chi connectivity index (χ0) is 19.5. The Balaban J connectivity index is 1.96. The minimum atomic E-state index is -0.365. The van der Waals surface area contributed by atoms with Gasteiger partial charge in [-0.3, -0.25) is 4.79 Å². The monoisotopic (exact) mass is 387 g/mol. The highest BCUT2D eigenvalue weighted by Crippen LogP contribution is 2.44. The van der Waals surface area contributed by atoms with Gasteiger partial charge < -0.3 is 10.1 Å². The van der Waals surface area contributed by atoms with E-state index in [1.807, 2.05) is 60.7 Å². The van der Waals surface area contributed by atoms with E-state index >= 15 is 0 Å². The highest BCUT2D eigenvalue weighted by atomic mass is 35.5. The molecule has 0 amide bonds. The van der Waals surface area contributed by atoms with Crippen molar-refractivity contribution in [3.63, 3.8) is 0 Å². The maximum atomic E-state index is 13.5. The van der Waals surface area contributed by atoms with E-state index in [2.05, 4.69) is 5.32 Å². The summed E-state index contributed by atoms with van der Waals surface area (Å²) in [5.74, 6) is -0.459. The van der Waals surface area contributed by atoms with Crippen molar-refractivity contribution in [2.75, 3.05) is 5.32 Å². The van der Waals surface area contributed by atoms with Crippen LogP contribution >= 0.6 is 11.6 Å². The third-order valence-electron chi connectivity index (χ3n) is 4.94. The zero-order valence-electron chi connectivity index (χ0n) is 15.1. The third-order valence-corrected chi connectivity index (χ3v) is 5.18. The summed E-state index contributed by atoms with van der Waals surface area (Å²) in [6.45, 7) is 0. The summed E-state index contributed by atoms with van der Waals surface area (Å²) in [5.41, 5.74) is 4.53. The molecule has 1 N–H and O–H groups in total. The summed E-state index contributed by atoms with van der Waals surface area (Å²) in [6.07, 6.45) is 1.07. The number of hydrogen-bond donors (Lipinski definition) is 1. The third kappa shape index (κ3) is 3.37. The molecule has 0 unspecified atom stereocenters. The predicted octanol–water partition coefficient (Wildman–Crippen LogP) is 5.73. The molecule has 1 aliphatic heterocycles. The van der Waals surface area contributed by atoms with Crippen molar-refractivity contribution < 1.29 is 9.59 Å². The Morgan fingerprint density at radius 3 is 2.32 bits per heavy atom. The number of benzene rings is 3. The first kappa shape index (κ1) is 18.2. The molecule has 3 nitrogen and oxygen atoms in total. The molecule has 0 aromatic heterocycles. The molecule has 0 aliphatic carbocycles. The number of halogens is 1. The number of allylic oxidation sites excluding steroid dienone is 1. The van der Waals surface area contributed by atoms with Crippen LogP contribution in [0.5, 0.6) is 0 Å². The summed E-state index contributed by atoms with van der Waals surface area (Å²) < 4.78 is 0. The van der Waals surface area contributed by atoms with Crippen molar-refractivity contribution >= 4 is 35.1 Å². The number of rotatable bonds is 5. The fourth-order valence-electron chi connectivity index (χ4n) is 3.66. The number of nitrogens with one attached hydrogen (secondary N) is 1. The van der Waals surface area contributed by atoms with E-state index in [-0.39, 0.29) is 18.1 Å². The van der Waals surface area contributed by atoms with E-state index in [9.17, 15) is 9.59 Å². The second-order valence-electron chi connectivity index (χ2n) is 6.66. The van der Waals surface area contributed by atoms with Gasteiger partial charge in [0.15, 0.2) is 5.78 Å². The van der Waals surface area contributed by atoms with Crippen LogP contribution in [0.25, 0.3) is 5.70 Å². The second kappa shape index (κ2) is 7.83. The molecule has 3 aromatic rings. The fraction of sp³-hybridized carbons (Fsp3) is 0.0833. The molecular weight excluding hydrogens is 370 g/mol. The highest BCUT2D eigenvalue weighted by Gasteiger charge is 2.33. The van der Waals surface area contributed by atoms with Gasteiger partial charge in [-0.25, -0.2) is 0 Å². The van der Waals surface area contributed by atoms with Crippen LogP contribution in [0.15, 0.2) is 84.4 Å². The lowest BCUT2D eigenvalue weighted by Gasteiger charge is -2.31. The maximum Gasteiger partial charge on any atom is 0.191 e. The first-order valence-electron chi connectivity index (χ1n) is 9.08. The number of aldehydes is 1.